The van der Waals surface area contributed by atoms with Crippen LogP contribution < -0.4 is 10.5 Å². The van der Waals surface area contributed by atoms with Crippen LogP contribution in [0.1, 0.15) is 0 Å². The molecule has 0 aliphatic carbocycles. The fourth-order valence-corrected chi connectivity index (χ4v) is 1.25. The topological polar surface area (TPSA) is 35.2 Å². The van der Waals surface area contributed by atoms with Crippen molar-refractivity contribution in [2.75, 3.05) is 5.73 Å². The van der Waals surface area contributed by atoms with Crippen LogP contribution in [0.5, 0.6) is 11.5 Å². The first-order valence-electron chi connectivity index (χ1n) is 4.64. The Morgan fingerprint density at radius 2 is 1.69 bits per heavy atom. The van der Waals surface area contributed by atoms with E-state index in [1.165, 1.54) is 0 Å². The maximum atomic E-state index is 13.3. The van der Waals surface area contributed by atoms with E-state index in [0.717, 1.165) is 18.2 Å². The molecule has 0 saturated heterocycles. The average molecular weight is 221 g/mol. The van der Waals surface area contributed by atoms with Crippen LogP contribution in [0, 0.1) is 11.6 Å². The zero-order chi connectivity index (χ0) is 11.5. The Kier molecular flexibility index (Phi) is 2.72. The molecule has 16 heavy (non-hydrogen) atoms. The molecule has 0 aromatic heterocycles. The van der Waals surface area contributed by atoms with Gasteiger partial charge in [0.2, 0.25) is 0 Å². The second kappa shape index (κ2) is 4.18. The monoisotopic (exact) mass is 221 g/mol. The third-order valence-corrected chi connectivity index (χ3v) is 2.03. The summed E-state index contributed by atoms with van der Waals surface area (Å²) in [5, 5.41) is 0. The number of anilines is 1. The van der Waals surface area contributed by atoms with Crippen molar-refractivity contribution in [3.8, 4) is 11.5 Å². The minimum Gasteiger partial charge on any atom is -0.452 e. The summed E-state index contributed by atoms with van der Waals surface area (Å²) < 4.78 is 31.3. The summed E-state index contributed by atoms with van der Waals surface area (Å²) in [5.74, 6) is -1.08. The van der Waals surface area contributed by atoms with Gasteiger partial charge in [-0.2, -0.15) is 0 Å². The van der Waals surface area contributed by atoms with Crippen LogP contribution >= 0.6 is 0 Å². The predicted octanol–water partition coefficient (Wildman–Crippen LogP) is 3.34. The largest absolute Gasteiger partial charge is 0.452 e. The van der Waals surface area contributed by atoms with Crippen LogP contribution in [0.3, 0.4) is 0 Å². The summed E-state index contributed by atoms with van der Waals surface area (Å²) >= 11 is 0. The van der Waals surface area contributed by atoms with Gasteiger partial charge in [-0.15, -0.1) is 0 Å². The Labute approximate surface area is 91.3 Å². The Bertz CT molecular complexity index is 514. The molecule has 0 unspecified atom stereocenters. The lowest BCUT2D eigenvalue weighted by Crippen LogP contribution is -1.93. The molecule has 0 spiro atoms. The van der Waals surface area contributed by atoms with Gasteiger partial charge in [0.25, 0.3) is 0 Å². The summed E-state index contributed by atoms with van der Waals surface area (Å²) in [6.45, 7) is 0. The zero-order valence-electron chi connectivity index (χ0n) is 8.28. The first-order chi connectivity index (χ1) is 7.66. The molecule has 2 N–H and O–H groups in total. The van der Waals surface area contributed by atoms with Crippen molar-refractivity contribution in [1.82, 2.24) is 0 Å². The van der Waals surface area contributed by atoms with Gasteiger partial charge in [0, 0.05) is 6.07 Å². The van der Waals surface area contributed by atoms with Gasteiger partial charge in [-0.3, -0.25) is 0 Å². The van der Waals surface area contributed by atoms with Gasteiger partial charge in [-0.1, -0.05) is 12.1 Å². The lowest BCUT2D eigenvalue weighted by molar-refractivity contribution is 0.438. The molecule has 0 heterocycles. The number of nitrogens with two attached hydrogens (primary N) is 1. The van der Waals surface area contributed by atoms with Crippen molar-refractivity contribution >= 4 is 5.69 Å². The zero-order valence-corrected chi connectivity index (χ0v) is 8.28. The van der Waals surface area contributed by atoms with Crippen molar-refractivity contribution in [2.24, 2.45) is 0 Å². The lowest BCUT2D eigenvalue weighted by Gasteiger charge is -2.08. The van der Waals surface area contributed by atoms with Gasteiger partial charge < -0.3 is 10.5 Å². The Balaban J connectivity index is 2.34. The molecule has 4 heteroatoms. The van der Waals surface area contributed by atoms with Gasteiger partial charge in [0.1, 0.15) is 11.6 Å². The molecule has 0 aliphatic heterocycles. The number of para-hydroxylation sites is 2. The number of halogens is 2. The number of ether oxygens (including phenoxy) is 1. The van der Waals surface area contributed by atoms with Gasteiger partial charge in [0.05, 0.1) is 5.69 Å². The number of benzene rings is 2. The smallest absolute Gasteiger partial charge is 0.166 e. The van der Waals surface area contributed by atoms with Crippen LogP contribution in [-0.2, 0) is 0 Å². The highest BCUT2D eigenvalue weighted by atomic mass is 19.1. The molecule has 0 fully saturated rings. The molecule has 82 valence electrons. The van der Waals surface area contributed by atoms with Gasteiger partial charge in [0.15, 0.2) is 11.6 Å². The van der Waals surface area contributed by atoms with Crippen molar-refractivity contribution in [3.05, 3.63) is 54.1 Å². The Hall–Kier alpha value is -2.10. The predicted molar refractivity (Wildman–Crippen MR) is 57.3 cm³/mol. The normalized spacial score (nSPS) is 10.1. The van der Waals surface area contributed by atoms with Crippen molar-refractivity contribution < 1.29 is 13.5 Å². The van der Waals surface area contributed by atoms with E-state index < -0.39 is 11.6 Å². The molecule has 0 bridgehead atoms. The van der Waals surface area contributed by atoms with Gasteiger partial charge >= 0.3 is 0 Å². The number of rotatable bonds is 2. The summed E-state index contributed by atoms with van der Waals surface area (Å²) in [4.78, 5) is 0. The van der Waals surface area contributed by atoms with E-state index in [1.807, 2.05) is 0 Å². The van der Waals surface area contributed by atoms with E-state index in [9.17, 15) is 8.78 Å². The minimum atomic E-state index is -0.635. The molecule has 2 rings (SSSR count). The second-order valence-corrected chi connectivity index (χ2v) is 3.21. The van der Waals surface area contributed by atoms with E-state index in [-0.39, 0.29) is 5.75 Å². The quantitative estimate of drug-likeness (QED) is 0.789. The van der Waals surface area contributed by atoms with Crippen molar-refractivity contribution in [2.45, 2.75) is 0 Å². The third-order valence-electron chi connectivity index (χ3n) is 2.03. The number of hydrogen-bond donors (Lipinski definition) is 1. The van der Waals surface area contributed by atoms with Gasteiger partial charge in [-0.25, -0.2) is 8.78 Å². The first kappa shape index (κ1) is 10.4. The van der Waals surface area contributed by atoms with Crippen molar-refractivity contribution in [1.29, 1.82) is 0 Å². The molecule has 0 amide bonds. The SMILES string of the molecule is Nc1ccccc1Oc1cc(F)ccc1F. The molecule has 0 saturated carbocycles. The van der Waals surface area contributed by atoms with E-state index in [4.69, 9.17) is 10.5 Å². The van der Waals surface area contributed by atoms with Crippen molar-refractivity contribution in [3.63, 3.8) is 0 Å². The van der Waals surface area contributed by atoms with Crippen LogP contribution in [-0.4, -0.2) is 0 Å². The Morgan fingerprint density at radius 3 is 2.44 bits per heavy atom. The minimum absolute atomic E-state index is 0.182. The van der Waals surface area contributed by atoms with E-state index >= 15 is 0 Å². The first-order valence-corrected chi connectivity index (χ1v) is 4.64. The molecule has 0 radical (unpaired) electrons. The highest BCUT2D eigenvalue weighted by Crippen LogP contribution is 2.29. The number of hydrogen-bond acceptors (Lipinski definition) is 2. The Morgan fingerprint density at radius 1 is 0.938 bits per heavy atom. The standard InChI is InChI=1S/C12H9F2NO/c13-8-5-6-9(14)12(7-8)16-11-4-2-1-3-10(11)15/h1-7H,15H2. The maximum absolute atomic E-state index is 13.3. The molecular formula is C12H9F2NO. The molecule has 2 aromatic rings. The fraction of sp³-hybridized carbons (Fsp3) is 0. The van der Waals surface area contributed by atoms with E-state index in [0.29, 0.717) is 11.4 Å². The van der Waals surface area contributed by atoms with Crippen LogP contribution in [0.2, 0.25) is 0 Å². The number of nitrogen functional groups attached to an aromatic ring is 1. The molecule has 2 nitrogen and oxygen atoms in total. The lowest BCUT2D eigenvalue weighted by atomic mass is 10.3. The van der Waals surface area contributed by atoms with E-state index in [2.05, 4.69) is 0 Å². The summed E-state index contributed by atoms with van der Waals surface area (Å²) in [7, 11) is 0. The van der Waals surface area contributed by atoms with Crippen LogP contribution in [0.25, 0.3) is 0 Å². The average Bonchev–Trinajstić information content (AvgIpc) is 2.27. The highest BCUT2D eigenvalue weighted by molar-refractivity contribution is 5.53. The summed E-state index contributed by atoms with van der Waals surface area (Å²) in [5.41, 5.74) is 5.98. The van der Waals surface area contributed by atoms with Crippen LogP contribution in [0.15, 0.2) is 42.5 Å². The molecule has 0 atom stereocenters. The highest BCUT2D eigenvalue weighted by Gasteiger charge is 2.07. The molecule has 0 aliphatic rings. The summed E-state index contributed by atoms with van der Waals surface area (Å²) in [6.07, 6.45) is 0. The fourth-order valence-electron chi connectivity index (χ4n) is 1.25. The second-order valence-electron chi connectivity index (χ2n) is 3.21. The van der Waals surface area contributed by atoms with Crippen LogP contribution in [0.4, 0.5) is 14.5 Å². The molecule has 2 aromatic carbocycles. The third kappa shape index (κ3) is 2.11. The summed E-state index contributed by atoms with van der Waals surface area (Å²) in [6, 6.07) is 9.63. The van der Waals surface area contributed by atoms with E-state index in [1.54, 1.807) is 24.3 Å². The molecular weight excluding hydrogens is 212 g/mol. The maximum Gasteiger partial charge on any atom is 0.166 e. The van der Waals surface area contributed by atoms with Gasteiger partial charge in [-0.05, 0) is 24.3 Å².